The van der Waals surface area contributed by atoms with Gasteiger partial charge in [0, 0.05) is 12.8 Å². The van der Waals surface area contributed by atoms with E-state index in [9.17, 15) is 26.4 Å². The fraction of sp³-hybridized carbons (Fsp3) is 0.533. The zero-order chi connectivity index (χ0) is 16.8. The van der Waals surface area contributed by atoms with Crippen LogP contribution in [-0.4, -0.2) is 20.0 Å². The molecule has 0 N–H and O–H groups in total. The SMILES string of the molecule is CCCCCC(=O)CCS(=O)(=O)c1ccc(C(F)(F)F)cc1. The van der Waals surface area contributed by atoms with Crippen LogP contribution in [-0.2, 0) is 20.8 Å². The number of ketones is 1. The molecule has 22 heavy (non-hydrogen) atoms. The van der Waals surface area contributed by atoms with Crippen molar-refractivity contribution in [3.63, 3.8) is 0 Å². The predicted octanol–water partition coefficient (Wildman–Crippen LogP) is 4.02. The Kier molecular flexibility index (Phi) is 6.59. The molecule has 1 rings (SSSR count). The quantitative estimate of drug-likeness (QED) is 0.674. The van der Waals surface area contributed by atoms with Crippen molar-refractivity contribution >= 4 is 15.6 Å². The molecule has 0 atom stereocenters. The van der Waals surface area contributed by atoms with Crippen LogP contribution in [0.2, 0.25) is 0 Å². The number of benzene rings is 1. The minimum atomic E-state index is -4.50. The number of unbranched alkanes of at least 4 members (excludes halogenated alkanes) is 2. The summed E-state index contributed by atoms with van der Waals surface area (Å²) in [5, 5.41) is 0. The predicted molar refractivity (Wildman–Crippen MR) is 77.3 cm³/mol. The lowest BCUT2D eigenvalue weighted by Crippen LogP contribution is -2.12. The van der Waals surface area contributed by atoms with E-state index in [-0.39, 0.29) is 22.9 Å². The first-order valence-electron chi connectivity index (χ1n) is 7.08. The molecule has 124 valence electrons. The molecule has 3 nitrogen and oxygen atoms in total. The maximum absolute atomic E-state index is 12.4. The van der Waals surface area contributed by atoms with Gasteiger partial charge in [-0.2, -0.15) is 13.2 Å². The molecule has 0 spiro atoms. The van der Waals surface area contributed by atoms with Crippen LogP contribution in [0.5, 0.6) is 0 Å². The van der Waals surface area contributed by atoms with Gasteiger partial charge in [-0.05, 0) is 30.7 Å². The molecule has 0 aromatic heterocycles. The summed E-state index contributed by atoms with van der Waals surface area (Å²) in [6.07, 6.45) is -1.65. The second kappa shape index (κ2) is 7.76. The largest absolute Gasteiger partial charge is 0.416 e. The van der Waals surface area contributed by atoms with Crippen molar-refractivity contribution in [3.8, 4) is 0 Å². The fourth-order valence-electron chi connectivity index (χ4n) is 1.91. The molecule has 1 aromatic carbocycles. The number of hydrogen-bond donors (Lipinski definition) is 0. The molecule has 0 amide bonds. The molecule has 0 bridgehead atoms. The average molecular weight is 336 g/mol. The summed E-state index contributed by atoms with van der Waals surface area (Å²) < 4.78 is 61.3. The van der Waals surface area contributed by atoms with E-state index in [1.54, 1.807) is 0 Å². The lowest BCUT2D eigenvalue weighted by Gasteiger charge is -2.08. The van der Waals surface area contributed by atoms with Crippen molar-refractivity contribution < 1.29 is 26.4 Å². The van der Waals surface area contributed by atoms with Crippen LogP contribution >= 0.6 is 0 Å². The Morgan fingerprint density at radius 3 is 2.14 bits per heavy atom. The Bertz CT molecular complexity index is 589. The molecule has 0 radical (unpaired) electrons. The third-order valence-corrected chi connectivity index (χ3v) is 4.98. The van der Waals surface area contributed by atoms with Gasteiger partial charge in [0.25, 0.3) is 0 Å². The smallest absolute Gasteiger partial charge is 0.300 e. The van der Waals surface area contributed by atoms with Crippen molar-refractivity contribution in [2.45, 2.75) is 50.1 Å². The minimum Gasteiger partial charge on any atom is -0.300 e. The highest BCUT2D eigenvalue weighted by Crippen LogP contribution is 2.29. The van der Waals surface area contributed by atoms with E-state index in [0.29, 0.717) is 6.42 Å². The van der Waals surface area contributed by atoms with Crippen molar-refractivity contribution in [1.82, 2.24) is 0 Å². The van der Waals surface area contributed by atoms with Crippen LogP contribution in [0.1, 0.15) is 44.6 Å². The molecule has 0 saturated heterocycles. The highest BCUT2D eigenvalue weighted by molar-refractivity contribution is 7.91. The second-order valence-corrected chi connectivity index (χ2v) is 7.20. The average Bonchev–Trinajstić information content (AvgIpc) is 2.45. The summed E-state index contributed by atoms with van der Waals surface area (Å²) in [5.41, 5.74) is -0.901. The number of carbonyl (C=O) groups is 1. The van der Waals surface area contributed by atoms with Crippen molar-refractivity contribution in [3.05, 3.63) is 29.8 Å². The van der Waals surface area contributed by atoms with Gasteiger partial charge in [0.15, 0.2) is 9.84 Å². The van der Waals surface area contributed by atoms with E-state index in [0.717, 1.165) is 43.5 Å². The summed E-state index contributed by atoms with van der Waals surface area (Å²) in [6.45, 7) is 2.00. The molecule has 0 unspecified atom stereocenters. The second-order valence-electron chi connectivity index (χ2n) is 5.09. The van der Waals surface area contributed by atoms with Crippen LogP contribution in [0.25, 0.3) is 0 Å². The van der Waals surface area contributed by atoms with Gasteiger partial charge in [-0.3, -0.25) is 4.79 Å². The summed E-state index contributed by atoms with van der Waals surface area (Å²) in [5.74, 6) is -0.507. The first-order valence-corrected chi connectivity index (χ1v) is 8.74. The highest BCUT2D eigenvalue weighted by Gasteiger charge is 2.30. The van der Waals surface area contributed by atoms with Gasteiger partial charge >= 0.3 is 6.18 Å². The van der Waals surface area contributed by atoms with Gasteiger partial charge in [0.1, 0.15) is 5.78 Å². The highest BCUT2D eigenvalue weighted by atomic mass is 32.2. The molecule has 1 aromatic rings. The number of Topliss-reactive ketones (excluding diaryl/α,β-unsaturated/α-hetero) is 1. The third kappa shape index (κ3) is 5.79. The van der Waals surface area contributed by atoms with Gasteiger partial charge < -0.3 is 0 Å². The molecule has 0 fully saturated rings. The molecule has 0 saturated carbocycles. The number of rotatable bonds is 8. The van der Waals surface area contributed by atoms with Crippen LogP contribution in [0.15, 0.2) is 29.2 Å². The van der Waals surface area contributed by atoms with Crippen LogP contribution in [0.4, 0.5) is 13.2 Å². The van der Waals surface area contributed by atoms with Gasteiger partial charge in [-0.15, -0.1) is 0 Å². The molecule has 7 heteroatoms. The van der Waals surface area contributed by atoms with E-state index in [1.165, 1.54) is 0 Å². The maximum atomic E-state index is 12.4. The van der Waals surface area contributed by atoms with Gasteiger partial charge in [-0.1, -0.05) is 19.8 Å². The van der Waals surface area contributed by atoms with Crippen molar-refractivity contribution in [2.24, 2.45) is 0 Å². The summed E-state index contributed by atoms with van der Waals surface area (Å²) >= 11 is 0. The fourth-order valence-corrected chi connectivity index (χ4v) is 3.20. The Morgan fingerprint density at radius 2 is 1.64 bits per heavy atom. The van der Waals surface area contributed by atoms with E-state index >= 15 is 0 Å². The standard InChI is InChI=1S/C15H19F3O3S/c1-2-3-4-5-13(19)10-11-22(20,21)14-8-6-12(7-9-14)15(16,17)18/h6-9H,2-5,10-11H2,1H3. The van der Waals surface area contributed by atoms with Crippen LogP contribution in [0, 0.1) is 0 Å². The first-order chi connectivity index (χ1) is 10.2. The number of alkyl halides is 3. The number of halogens is 3. The summed E-state index contributed by atoms with van der Waals surface area (Å²) in [7, 11) is -3.74. The topological polar surface area (TPSA) is 51.2 Å². The lowest BCUT2D eigenvalue weighted by atomic mass is 10.1. The van der Waals surface area contributed by atoms with E-state index in [1.807, 2.05) is 6.92 Å². The number of carbonyl (C=O) groups excluding carboxylic acids is 1. The normalized spacial score (nSPS) is 12.4. The van der Waals surface area contributed by atoms with Gasteiger partial charge in [-0.25, -0.2) is 8.42 Å². The van der Waals surface area contributed by atoms with Crippen molar-refractivity contribution in [2.75, 3.05) is 5.75 Å². The number of hydrogen-bond acceptors (Lipinski definition) is 3. The molecule has 0 heterocycles. The Hall–Kier alpha value is -1.37. The van der Waals surface area contributed by atoms with Gasteiger partial charge in [0.05, 0.1) is 16.2 Å². The van der Waals surface area contributed by atoms with Crippen molar-refractivity contribution in [1.29, 1.82) is 0 Å². The molecular weight excluding hydrogens is 317 g/mol. The molecular formula is C15H19F3O3S. The Balaban J connectivity index is 2.65. The zero-order valence-corrected chi connectivity index (χ0v) is 13.1. The Morgan fingerprint density at radius 1 is 1.05 bits per heavy atom. The van der Waals surface area contributed by atoms with E-state index in [4.69, 9.17) is 0 Å². The van der Waals surface area contributed by atoms with Crippen LogP contribution < -0.4 is 0 Å². The Labute approximate surface area is 128 Å². The minimum absolute atomic E-state index is 0.104. The first kappa shape index (κ1) is 18.7. The summed E-state index contributed by atoms with van der Waals surface area (Å²) in [6, 6.07) is 3.32. The van der Waals surface area contributed by atoms with Crippen LogP contribution in [0.3, 0.4) is 0 Å². The van der Waals surface area contributed by atoms with Gasteiger partial charge in [0.2, 0.25) is 0 Å². The monoisotopic (exact) mass is 336 g/mol. The number of sulfone groups is 1. The molecule has 0 aliphatic carbocycles. The van der Waals surface area contributed by atoms with E-state index in [2.05, 4.69) is 0 Å². The summed E-state index contributed by atoms with van der Waals surface area (Å²) in [4.78, 5) is 11.4. The molecule has 0 aliphatic heterocycles. The zero-order valence-electron chi connectivity index (χ0n) is 12.3. The third-order valence-electron chi connectivity index (χ3n) is 3.25. The molecule has 0 aliphatic rings. The lowest BCUT2D eigenvalue weighted by molar-refractivity contribution is -0.137. The maximum Gasteiger partial charge on any atom is 0.416 e. The van der Waals surface area contributed by atoms with E-state index < -0.39 is 21.6 Å².